The standard InChI is InChI=1S/C44H8F20N4.Fe/c45-23-16(24(46)32(54)39(61)31(23)53)14-7-13-6-11-2-1-9(65-11)5-10-3-4-12(66-10)8-15-17(19-25(47)33(55)40(62)34(56)26(19)48)18(20-27(49)35(57)41(63)36(58)28(20)50)44(68-15)22(43(14)67-13)21-29(51)37(59)42(64)38(60)30(21)52;/h1-8H;. The van der Waals surface area contributed by atoms with Crippen molar-refractivity contribution in [1.29, 1.82) is 0 Å². The minimum Gasteiger partial charge on any atom is -0.249 e. The van der Waals surface area contributed by atoms with Crippen LogP contribution in [0.2, 0.25) is 0 Å². The number of allylic oxidation sites excluding steroid dienone is 12. The number of hydrogen-bond acceptors (Lipinski definition) is 4. The summed E-state index contributed by atoms with van der Waals surface area (Å²) in [5, 5.41) is 0. The van der Waals surface area contributed by atoms with Crippen LogP contribution in [0, 0.1) is 116 Å². The van der Waals surface area contributed by atoms with Gasteiger partial charge in [-0.25, -0.2) is 108 Å². The molecule has 69 heavy (non-hydrogen) atoms. The quantitative estimate of drug-likeness (QED) is 0.0847. The maximum Gasteiger partial charge on any atom is 0.200 e. The Labute approximate surface area is 379 Å². The summed E-state index contributed by atoms with van der Waals surface area (Å²) in [6, 6.07) is 0. The van der Waals surface area contributed by atoms with E-state index in [0.29, 0.717) is 12.2 Å². The smallest absolute Gasteiger partial charge is 0.200 e. The van der Waals surface area contributed by atoms with Gasteiger partial charge >= 0.3 is 0 Å². The Morgan fingerprint density at radius 2 is 0.580 bits per heavy atom. The zero-order valence-corrected chi connectivity index (χ0v) is 33.4. The van der Waals surface area contributed by atoms with E-state index in [1.54, 1.807) is 0 Å². The van der Waals surface area contributed by atoms with Gasteiger partial charge in [0.2, 0.25) is 23.3 Å². The Hall–Kier alpha value is -7.40. The molecule has 5 aliphatic heterocycles. The van der Waals surface area contributed by atoms with E-state index in [4.69, 9.17) is 0 Å². The van der Waals surface area contributed by atoms with Gasteiger partial charge in [-0.2, -0.15) is 0 Å². The van der Waals surface area contributed by atoms with Gasteiger partial charge < -0.3 is 0 Å². The molecule has 9 rings (SSSR count). The van der Waals surface area contributed by atoms with Crippen LogP contribution in [-0.2, 0) is 17.1 Å². The van der Waals surface area contributed by atoms with Gasteiger partial charge in [0.15, 0.2) is 93.1 Å². The van der Waals surface area contributed by atoms with Crippen LogP contribution in [0.1, 0.15) is 22.3 Å². The van der Waals surface area contributed by atoms with Crippen LogP contribution in [0.3, 0.4) is 0 Å². The summed E-state index contributed by atoms with van der Waals surface area (Å²) in [6.07, 6.45) is 7.20. The van der Waals surface area contributed by atoms with E-state index in [1.807, 2.05) is 0 Å². The van der Waals surface area contributed by atoms with E-state index in [1.165, 1.54) is 18.2 Å². The third-order valence-corrected chi connectivity index (χ3v) is 10.3. The molecule has 4 nitrogen and oxygen atoms in total. The summed E-state index contributed by atoms with van der Waals surface area (Å²) in [7, 11) is 0. The topological polar surface area (TPSA) is 49.4 Å². The van der Waals surface area contributed by atoms with Crippen molar-refractivity contribution in [1.82, 2.24) is 0 Å². The zero-order valence-electron chi connectivity index (χ0n) is 32.3. The van der Waals surface area contributed by atoms with Gasteiger partial charge in [0.25, 0.3) is 0 Å². The third kappa shape index (κ3) is 7.15. The molecule has 4 aromatic rings. The van der Waals surface area contributed by atoms with E-state index in [0.717, 1.165) is 18.2 Å². The van der Waals surface area contributed by atoms with Crippen LogP contribution in [0.15, 0.2) is 91.4 Å². The summed E-state index contributed by atoms with van der Waals surface area (Å²) < 4.78 is 309. The first-order chi connectivity index (χ1) is 32.0. The molecule has 0 N–H and O–H groups in total. The number of fused-ring (bicyclic) bond motifs is 4. The molecule has 5 aliphatic rings. The summed E-state index contributed by atoms with van der Waals surface area (Å²) in [5.41, 5.74) is -25.1. The minimum absolute atomic E-state index is 0. The van der Waals surface area contributed by atoms with Gasteiger partial charge in [-0.3, -0.25) is 0 Å². The maximum atomic E-state index is 16.4. The predicted molar refractivity (Wildman–Crippen MR) is 199 cm³/mol. The van der Waals surface area contributed by atoms with Crippen LogP contribution >= 0.6 is 0 Å². The predicted octanol–water partition coefficient (Wildman–Crippen LogP) is 12.5. The van der Waals surface area contributed by atoms with Crippen molar-refractivity contribution < 1.29 is 105 Å². The molecule has 352 valence electrons. The van der Waals surface area contributed by atoms with Crippen molar-refractivity contribution >= 4 is 45.1 Å². The van der Waals surface area contributed by atoms with Crippen molar-refractivity contribution in [3.8, 4) is 0 Å². The summed E-state index contributed by atoms with van der Waals surface area (Å²) in [5.74, 6) is -59.2. The largest absolute Gasteiger partial charge is 0.249 e. The Bertz CT molecular complexity index is 3430. The van der Waals surface area contributed by atoms with Gasteiger partial charge in [0.05, 0.1) is 67.9 Å². The normalized spacial score (nSPS) is 16.2. The van der Waals surface area contributed by atoms with E-state index in [-0.39, 0.29) is 34.2 Å². The molecule has 0 aliphatic carbocycles. The molecule has 0 saturated heterocycles. The fraction of sp³-hybridized carbons (Fsp3) is 0. The molecule has 0 radical (unpaired) electrons. The van der Waals surface area contributed by atoms with Crippen molar-refractivity contribution in [2.75, 3.05) is 0 Å². The fourth-order valence-electron chi connectivity index (χ4n) is 7.37. The molecule has 0 saturated carbocycles. The number of rotatable bonds is 4. The molecule has 25 heteroatoms. The monoisotopic (exact) mass is 1030 g/mol. The first-order valence-corrected chi connectivity index (χ1v) is 18.2. The Morgan fingerprint density at radius 1 is 0.261 bits per heavy atom. The molecular weight excluding hydrogens is 1020 g/mol. The first-order valence-electron chi connectivity index (χ1n) is 18.2. The van der Waals surface area contributed by atoms with Gasteiger partial charge in [0, 0.05) is 39.4 Å². The van der Waals surface area contributed by atoms with Gasteiger partial charge in [-0.15, -0.1) is 0 Å². The number of hydrogen-bond donors (Lipinski definition) is 0. The number of nitrogens with zero attached hydrogens (tertiary/aromatic N) is 4. The molecule has 0 fully saturated rings. The summed E-state index contributed by atoms with van der Waals surface area (Å²) in [4.78, 5) is 15.8. The summed E-state index contributed by atoms with van der Waals surface area (Å²) in [6.45, 7) is 0. The van der Waals surface area contributed by atoms with E-state index >= 15 is 61.5 Å². The molecular formula is C44H8F20FeN4. The van der Waals surface area contributed by atoms with E-state index in [2.05, 4.69) is 20.0 Å². The Kier molecular flexibility index (Phi) is 11.8. The maximum absolute atomic E-state index is 16.4. The molecule has 0 unspecified atom stereocenters. The third-order valence-electron chi connectivity index (χ3n) is 10.3. The van der Waals surface area contributed by atoms with E-state index in [9.17, 15) is 26.3 Å². The SMILES string of the molecule is Fc1c(F)c(F)c(C2=CC3=CC4=NC(=CC5=NC(=CC6=NC(=C(c7c(F)c(F)c(F)c(F)c7F)C2=N3)C(c2c(F)c(F)c(F)c(F)c2F)=C6c2c(F)c(F)c(F)c(F)c2F)C=C5)C=C4)c(F)c1F.[Fe]. The second-order valence-electron chi connectivity index (χ2n) is 14.2. The van der Waals surface area contributed by atoms with Crippen LogP contribution < -0.4 is 0 Å². The fourth-order valence-corrected chi connectivity index (χ4v) is 7.37. The van der Waals surface area contributed by atoms with Crippen LogP contribution in [0.4, 0.5) is 87.8 Å². The van der Waals surface area contributed by atoms with Crippen LogP contribution in [0.25, 0.3) is 22.3 Å². The minimum atomic E-state index is -3.07. The Morgan fingerprint density at radius 3 is 0.986 bits per heavy atom. The molecule has 0 atom stereocenters. The van der Waals surface area contributed by atoms with Crippen molar-refractivity contribution in [3.63, 3.8) is 0 Å². The zero-order chi connectivity index (χ0) is 49.3. The molecule has 0 spiro atoms. The first kappa shape index (κ1) is 48.1. The van der Waals surface area contributed by atoms with E-state index < -0.39 is 189 Å². The second-order valence-corrected chi connectivity index (χ2v) is 14.2. The summed E-state index contributed by atoms with van der Waals surface area (Å²) >= 11 is 0. The Balaban J connectivity index is 0.00000642. The van der Waals surface area contributed by atoms with Crippen molar-refractivity contribution in [2.45, 2.75) is 0 Å². The molecule has 5 heterocycles. The molecule has 8 bridgehead atoms. The molecule has 0 amide bonds. The van der Waals surface area contributed by atoms with Gasteiger partial charge in [-0.05, 0) is 48.6 Å². The second kappa shape index (κ2) is 17.0. The van der Waals surface area contributed by atoms with Crippen molar-refractivity contribution in [2.24, 2.45) is 20.0 Å². The van der Waals surface area contributed by atoms with Gasteiger partial charge in [-0.1, -0.05) is 0 Å². The van der Waals surface area contributed by atoms with Crippen molar-refractivity contribution in [3.05, 3.63) is 210 Å². The van der Waals surface area contributed by atoms with Gasteiger partial charge in [0.1, 0.15) is 0 Å². The number of halogens is 20. The van der Waals surface area contributed by atoms with Crippen LogP contribution in [-0.4, -0.2) is 22.8 Å². The number of benzene rings is 4. The molecule has 4 aromatic carbocycles. The average Bonchev–Trinajstić information content (AvgIpc) is 4.13. The molecule has 0 aromatic heterocycles. The van der Waals surface area contributed by atoms with Crippen LogP contribution in [0.5, 0.6) is 0 Å². The number of aliphatic imine (C=N–C) groups is 4. The average molecular weight is 1030 g/mol.